The summed E-state index contributed by atoms with van der Waals surface area (Å²) in [6.07, 6.45) is 4.50. The fourth-order valence-electron chi connectivity index (χ4n) is 3.94. The summed E-state index contributed by atoms with van der Waals surface area (Å²) in [5, 5.41) is 27.0. The van der Waals surface area contributed by atoms with Gasteiger partial charge < -0.3 is 26.9 Å². The molecule has 0 spiro atoms. The molecule has 0 fully saturated rings. The number of nitrogens with zero attached hydrogens (tertiary/aromatic N) is 4. The first-order valence-electron chi connectivity index (χ1n) is 11.7. The Bertz CT molecular complexity index is 1480. The maximum absolute atomic E-state index is 13.6. The molecule has 0 bridgehead atoms. The lowest BCUT2D eigenvalue weighted by atomic mass is 9.93. The molecular formula is C28H26N8O2. The van der Waals surface area contributed by atoms with Crippen molar-refractivity contribution in [1.82, 2.24) is 5.32 Å². The number of fused-ring (bicyclic) bond motifs is 1. The Kier molecular flexibility index (Phi) is 8.18. The molecule has 0 saturated heterocycles. The fourth-order valence-corrected chi connectivity index (χ4v) is 3.94. The highest BCUT2D eigenvalue weighted by Crippen LogP contribution is 2.36. The van der Waals surface area contributed by atoms with E-state index < -0.39 is 5.91 Å². The zero-order valence-electron chi connectivity index (χ0n) is 20.4. The first kappa shape index (κ1) is 25.7. The van der Waals surface area contributed by atoms with Gasteiger partial charge in [-0.1, -0.05) is 59.7 Å². The lowest BCUT2D eigenvalue weighted by molar-refractivity contribution is -0.114. The number of nitrogens with two attached hydrogens (primary N) is 1. The molecule has 3 aromatic carbocycles. The number of allylic oxidation sites excluding steroid dienone is 1. The molecule has 10 nitrogen and oxygen atoms in total. The Morgan fingerprint density at radius 3 is 2.68 bits per heavy atom. The number of carbonyl (C=O) groups is 1. The van der Waals surface area contributed by atoms with Crippen molar-refractivity contribution in [1.29, 1.82) is 5.41 Å². The van der Waals surface area contributed by atoms with Crippen LogP contribution < -0.4 is 16.4 Å². The van der Waals surface area contributed by atoms with E-state index >= 15 is 0 Å². The normalized spacial score (nSPS) is 14.8. The van der Waals surface area contributed by atoms with Crippen LogP contribution in [0.15, 0.2) is 100 Å². The minimum atomic E-state index is -0.412. The van der Waals surface area contributed by atoms with Crippen LogP contribution in [0.2, 0.25) is 0 Å². The van der Waals surface area contributed by atoms with Gasteiger partial charge in [0.1, 0.15) is 5.75 Å². The van der Waals surface area contributed by atoms with Crippen LogP contribution in [0.1, 0.15) is 28.3 Å². The summed E-state index contributed by atoms with van der Waals surface area (Å²) in [5.41, 5.74) is 19.6. The minimum absolute atomic E-state index is 0.127. The molecule has 38 heavy (non-hydrogen) atoms. The number of benzene rings is 3. The number of anilines is 1. The number of azide groups is 1. The zero-order chi connectivity index (χ0) is 26.9. The standard InChI is InChI=1S/C28H26N8O2/c29-14-18-8-10-19(11-9-18)15-32-17-27(24(30)16-33-36-31)35-28(38)23-13-26(20-4-3-5-21(37)12-20)34-25-7-2-1-6-22(23)25/h1-14,17,26,29,34,37H,15-16,30H2,(H,35,38). The third-order valence-electron chi connectivity index (χ3n) is 5.87. The molecule has 0 saturated carbocycles. The Labute approximate surface area is 219 Å². The number of aromatic hydroxyl groups is 1. The van der Waals surface area contributed by atoms with E-state index in [-0.39, 0.29) is 29.7 Å². The Morgan fingerprint density at radius 2 is 1.95 bits per heavy atom. The van der Waals surface area contributed by atoms with Crippen molar-refractivity contribution >= 4 is 29.6 Å². The summed E-state index contributed by atoms with van der Waals surface area (Å²) in [4.78, 5) is 20.7. The molecule has 1 unspecified atom stereocenters. The fraction of sp³-hybridized carbons (Fsp3) is 0.107. The van der Waals surface area contributed by atoms with Crippen LogP contribution in [0, 0.1) is 5.41 Å². The summed E-state index contributed by atoms with van der Waals surface area (Å²) in [7, 11) is 0. The molecule has 1 aliphatic rings. The van der Waals surface area contributed by atoms with Gasteiger partial charge in [0.25, 0.3) is 5.91 Å². The Hall–Kier alpha value is -5.34. The summed E-state index contributed by atoms with van der Waals surface area (Å²) >= 11 is 0. The van der Waals surface area contributed by atoms with E-state index in [2.05, 4.69) is 25.7 Å². The zero-order valence-corrected chi connectivity index (χ0v) is 20.4. The first-order valence-corrected chi connectivity index (χ1v) is 11.7. The van der Waals surface area contributed by atoms with Gasteiger partial charge in [0, 0.05) is 39.9 Å². The second-order valence-corrected chi connectivity index (χ2v) is 8.48. The molecule has 4 rings (SSSR count). The maximum atomic E-state index is 13.6. The number of carbonyl (C=O) groups excluding carboxylic acids is 1. The number of phenolic OH excluding ortho intramolecular Hbond substituents is 1. The molecule has 0 radical (unpaired) electrons. The van der Waals surface area contributed by atoms with Gasteiger partial charge >= 0.3 is 0 Å². The van der Waals surface area contributed by atoms with Crippen LogP contribution in [0.5, 0.6) is 5.75 Å². The summed E-state index contributed by atoms with van der Waals surface area (Å²) in [5.74, 6) is -0.285. The molecule has 3 aromatic rings. The number of hydrogen-bond acceptors (Lipinski definition) is 7. The van der Waals surface area contributed by atoms with Crippen molar-refractivity contribution in [2.45, 2.75) is 12.6 Å². The summed E-state index contributed by atoms with van der Waals surface area (Å²) < 4.78 is 0. The van der Waals surface area contributed by atoms with E-state index in [0.29, 0.717) is 17.7 Å². The van der Waals surface area contributed by atoms with Crippen LogP contribution in [-0.2, 0) is 11.3 Å². The quantitative estimate of drug-likeness (QED) is 0.121. The molecule has 190 valence electrons. The number of aliphatic imine (C=N–C) groups is 1. The van der Waals surface area contributed by atoms with Gasteiger partial charge in [-0.05, 0) is 46.5 Å². The van der Waals surface area contributed by atoms with Gasteiger partial charge in [-0.2, -0.15) is 0 Å². The molecule has 1 aliphatic heterocycles. The molecule has 1 heterocycles. The molecule has 10 heteroatoms. The molecular weight excluding hydrogens is 480 g/mol. The van der Waals surface area contributed by atoms with E-state index in [1.54, 1.807) is 24.3 Å². The van der Waals surface area contributed by atoms with Gasteiger partial charge in [0.15, 0.2) is 0 Å². The topological polar surface area (TPSA) is 172 Å². The van der Waals surface area contributed by atoms with Gasteiger partial charge in [0.2, 0.25) is 0 Å². The third-order valence-corrected chi connectivity index (χ3v) is 5.87. The molecule has 0 aliphatic carbocycles. The number of amides is 1. The number of phenols is 1. The highest BCUT2D eigenvalue weighted by Gasteiger charge is 2.25. The summed E-state index contributed by atoms with van der Waals surface area (Å²) in [6.45, 7) is 0.177. The predicted molar refractivity (Wildman–Crippen MR) is 149 cm³/mol. The van der Waals surface area contributed by atoms with Crippen molar-refractivity contribution < 1.29 is 9.90 Å². The largest absolute Gasteiger partial charge is 0.508 e. The number of nitrogens with one attached hydrogen (secondary N) is 3. The predicted octanol–water partition coefficient (Wildman–Crippen LogP) is 4.81. The van der Waals surface area contributed by atoms with Crippen molar-refractivity contribution in [2.24, 2.45) is 15.8 Å². The second-order valence-electron chi connectivity index (χ2n) is 8.48. The lowest BCUT2D eigenvalue weighted by Crippen LogP contribution is -2.30. The van der Waals surface area contributed by atoms with E-state index in [4.69, 9.17) is 16.7 Å². The SMILES string of the molecule is [N-]=[N+]=NCC(N)=C(C=NCc1ccc(C=N)cc1)NC(=O)C1=CC(c2cccc(O)c2)Nc2ccccc21. The van der Waals surface area contributed by atoms with Gasteiger partial charge in [-0.15, -0.1) is 0 Å². The van der Waals surface area contributed by atoms with Crippen LogP contribution in [0.25, 0.3) is 16.0 Å². The van der Waals surface area contributed by atoms with Crippen LogP contribution >= 0.6 is 0 Å². The van der Waals surface area contributed by atoms with Crippen LogP contribution in [0.4, 0.5) is 5.69 Å². The molecule has 1 atom stereocenters. The van der Waals surface area contributed by atoms with Gasteiger partial charge in [-0.3, -0.25) is 9.79 Å². The Balaban J connectivity index is 1.62. The number of rotatable bonds is 9. The van der Waals surface area contributed by atoms with E-state index in [1.807, 2.05) is 54.6 Å². The van der Waals surface area contributed by atoms with Crippen molar-refractivity contribution in [3.8, 4) is 5.75 Å². The van der Waals surface area contributed by atoms with Crippen LogP contribution in [0.3, 0.4) is 0 Å². The van der Waals surface area contributed by atoms with Crippen molar-refractivity contribution in [3.05, 3.63) is 123 Å². The summed E-state index contributed by atoms with van der Waals surface area (Å²) in [6, 6.07) is 21.3. The van der Waals surface area contributed by atoms with Gasteiger partial charge in [0.05, 0.1) is 24.8 Å². The number of hydrogen-bond donors (Lipinski definition) is 5. The monoisotopic (exact) mass is 506 g/mol. The average molecular weight is 507 g/mol. The molecule has 0 aromatic heterocycles. The average Bonchev–Trinajstić information content (AvgIpc) is 2.95. The molecule has 1 amide bonds. The lowest BCUT2D eigenvalue weighted by Gasteiger charge is -2.26. The third kappa shape index (κ3) is 6.26. The highest BCUT2D eigenvalue weighted by atomic mass is 16.3. The smallest absolute Gasteiger partial charge is 0.256 e. The first-order chi connectivity index (χ1) is 18.5. The maximum Gasteiger partial charge on any atom is 0.256 e. The molecule has 6 N–H and O–H groups in total. The highest BCUT2D eigenvalue weighted by molar-refractivity contribution is 6.23. The van der Waals surface area contributed by atoms with Crippen LogP contribution in [-0.4, -0.2) is 30.0 Å². The Morgan fingerprint density at radius 1 is 1.16 bits per heavy atom. The van der Waals surface area contributed by atoms with Crippen molar-refractivity contribution in [3.63, 3.8) is 0 Å². The van der Waals surface area contributed by atoms with E-state index in [0.717, 1.165) is 22.4 Å². The van der Waals surface area contributed by atoms with Crippen molar-refractivity contribution in [2.75, 3.05) is 11.9 Å². The number of para-hydroxylation sites is 1. The van der Waals surface area contributed by atoms with E-state index in [9.17, 15) is 9.90 Å². The van der Waals surface area contributed by atoms with Gasteiger partial charge in [-0.25, -0.2) is 0 Å². The van der Waals surface area contributed by atoms with E-state index in [1.165, 1.54) is 12.4 Å². The second kappa shape index (κ2) is 12.1. The minimum Gasteiger partial charge on any atom is -0.508 e.